The Bertz CT molecular complexity index is 4820. The second kappa shape index (κ2) is 17.5. The van der Waals surface area contributed by atoms with Gasteiger partial charge in [0.1, 0.15) is 22.6 Å². The summed E-state index contributed by atoms with van der Waals surface area (Å²) < 4.78 is 0. The Balaban J connectivity index is 0.000000135. The van der Waals surface area contributed by atoms with Crippen LogP contribution < -0.4 is 27.4 Å². The van der Waals surface area contributed by atoms with E-state index >= 15 is 0 Å². The van der Waals surface area contributed by atoms with Crippen molar-refractivity contribution in [1.29, 1.82) is 0 Å². The van der Waals surface area contributed by atoms with Crippen LogP contribution in [0.5, 0.6) is 0 Å². The summed E-state index contributed by atoms with van der Waals surface area (Å²) in [4.78, 5) is 96.2. The molecule has 366 valence electrons. The van der Waals surface area contributed by atoms with Crippen LogP contribution in [0.25, 0.3) is 155 Å². The van der Waals surface area contributed by atoms with Crippen LogP contribution in [-0.4, -0.2) is 56.4 Å². The van der Waals surface area contributed by atoms with Crippen LogP contribution in [0.1, 0.15) is 6.92 Å². The molecule has 0 fully saturated rings. The average molecular weight is 1000 g/mol. The molecule has 0 saturated heterocycles. The van der Waals surface area contributed by atoms with Gasteiger partial charge in [-0.1, -0.05) is 153 Å². The summed E-state index contributed by atoms with van der Waals surface area (Å²) in [6.45, 7) is 2.65. The Labute approximate surface area is 432 Å². The van der Waals surface area contributed by atoms with Crippen molar-refractivity contribution in [3.63, 3.8) is 0 Å². The highest BCUT2D eigenvalue weighted by Gasteiger charge is 2.23. The highest BCUT2D eigenvalue weighted by Crippen LogP contribution is 2.37. The first-order valence-corrected chi connectivity index (χ1v) is 24.9. The molecule has 15 heteroatoms. The fourth-order valence-corrected chi connectivity index (χ4v) is 10.7. The van der Waals surface area contributed by atoms with Gasteiger partial charge in [-0.3, -0.25) is 19.2 Å². The van der Waals surface area contributed by atoms with E-state index < -0.39 is 0 Å². The maximum atomic E-state index is 13.4. The van der Waals surface area contributed by atoms with Gasteiger partial charge >= 0.3 is 0 Å². The molecule has 0 spiro atoms. The lowest BCUT2D eigenvalue weighted by molar-refractivity contribution is 1.14. The summed E-state index contributed by atoms with van der Waals surface area (Å²) in [5.74, 6) is 2.39. The molecule has 0 saturated carbocycles. The van der Waals surface area contributed by atoms with Gasteiger partial charge in [-0.15, -0.1) is 0 Å². The summed E-state index contributed by atoms with van der Waals surface area (Å²) in [5, 5.41) is 6.59. The van der Waals surface area contributed by atoms with Gasteiger partial charge in [0.05, 0.1) is 32.8 Å². The molecule has 6 N–H and O–H groups in total. The monoisotopic (exact) mass is 1000 g/mol. The van der Waals surface area contributed by atoms with Crippen molar-refractivity contribution in [3.05, 3.63) is 211 Å². The first-order chi connectivity index (χ1) is 37.8. The van der Waals surface area contributed by atoms with Crippen LogP contribution in [0, 0.1) is 0 Å². The quantitative estimate of drug-likeness (QED) is 0.0708. The van der Waals surface area contributed by atoms with E-state index in [1.165, 1.54) is 0 Å². The molecule has 2 aliphatic heterocycles. The number of hydrogen-bond donors (Lipinski definition) is 5. The Morgan fingerprint density at radius 3 is 0.870 bits per heavy atom. The fraction of sp³-hybridized carbons (Fsp3) is 0.0323. The smallest absolute Gasteiger partial charge is 0.196 e. The lowest BCUT2D eigenvalue weighted by atomic mass is 9.99. The number of nitrogens with zero attached hydrogens (tertiary/aromatic N) is 6. The van der Waals surface area contributed by atoms with Crippen molar-refractivity contribution in [3.8, 4) is 45.6 Å². The van der Waals surface area contributed by atoms with Crippen molar-refractivity contribution < 1.29 is 0 Å². The van der Waals surface area contributed by atoms with Gasteiger partial charge in [-0.2, -0.15) is 0 Å². The predicted octanol–water partition coefficient (Wildman–Crippen LogP) is 11.0. The molecule has 2 aliphatic rings. The molecule has 0 aliphatic carbocycles. The summed E-state index contributed by atoms with van der Waals surface area (Å²) in [5.41, 5.74) is 12.5. The number of benzene rings is 10. The summed E-state index contributed by atoms with van der Waals surface area (Å²) in [7, 11) is 0. The minimum absolute atomic E-state index is 0.205. The van der Waals surface area contributed by atoms with E-state index in [-0.39, 0.29) is 21.7 Å². The van der Waals surface area contributed by atoms with Crippen LogP contribution in [0.2, 0.25) is 0 Å². The minimum atomic E-state index is -0.238. The average Bonchev–Trinajstić information content (AvgIpc) is 4.24. The van der Waals surface area contributed by atoms with E-state index in [2.05, 4.69) is 19.9 Å². The summed E-state index contributed by atoms with van der Waals surface area (Å²) in [6, 6.07) is 52.5. The van der Waals surface area contributed by atoms with Crippen LogP contribution in [0.4, 0.5) is 0 Å². The standard InChI is InChI=1S/C32H18N8.C28H14N2O4.C2H7N/c1-2-10-18-17(9-1)25-33-26(18)38-28-21-13-5-6-14-22(21)30(35-28)40-32-24-16-8-7-15-23(24)31(36-32)39-29-20-12-4-3-11-19(20)27(34-29)37-25;31-25-13-5-1-3-7-15(13)27(33)21-17(25)9-11-19-23(21)29-20-12-10-18-22(24(20)30-19)28(34)16-8-4-2-6-14(16)26(18)32;1-2-3/h1-16H,(H2,33,34,35,36,37,38,39,40);1-12,29-30H;2-3H2,1H3. The first-order valence-electron chi connectivity index (χ1n) is 24.9. The topological polar surface area (TPSA) is 235 Å². The van der Waals surface area contributed by atoms with Crippen LogP contribution in [0.3, 0.4) is 0 Å². The van der Waals surface area contributed by atoms with Crippen molar-refractivity contribution in [2.75, 3.05) is 6.54 Å². The van der Waals surface area contributed by atoms with Gasteiger partial charge in [-0.25, -0.2) is 29.9 Å². The number of aromatic nitrogens is 10. The Morgan fingerprint density at radius 1 is 0.312 bits per heavy atom. The number of rotatable bonds is 0. The Hall–Kier alpha value is -10.6. The normalized spacial score (nSPS) is 11.8. The van der Waals surface area contributed by atoms with Crippen molar-refractivity contribution in [2.45, 2.75) is 6.92 Å². The molecule has 6 heterocycles. The number of nitrogens with two attached hydrogens (primary N) is 1. The third-order valence-corrected chi connectivity index (χ3v) is 14.2. The van der Waals surface area contributed by atoms with Crippen molar-refractivity contribution in [2.24, 2.45) is 5.73 Å². The molecule has 0 amide bonds. The number of fused-ring (bicyclic) bond motifs is 28. The second-order valence-corrected chi connectivity index (χ2v) is 18.7. The molecule has 14 aromatic rings. The maximum Gasteiger partial charge on any atom is 0.196 e. The fourth-order valence-electron chi connectivity index (χ4n) is 10.7. The number of nitrogens with one attached hydrogen (secondary N) is 4. The Morgan fingerprint density at radius 2 is 0.571 bits per heavy atom. The van der Waals surface area contributed by atoms with Crippen molar-refractivity contribution in [1.82, 2.24) is 49.8 Å². The molecule has 10 aromatic carbocycles. The lowest BCUT2D eigenvalue weighted by Gasteiger charge is -2.10. The molecular formula is C62H39N11O4. The van der Waals surface area contributed by atoms with Crippen LogP contribution >= 0.6 is 0 Å². The third-order valence-electron chi connectivity index (χ3n) is 14.2. The van der Waals surface area contributed by atoms with E-state index in [9.17, 15) is 19.2 Å². The van der Waals surface area contributed by atoms with E-state index in [0.717, 1.165) is 50.3 Å². The number of aromatic amines is 4. The van der Waals surface area contributed by atoms with E-state index in [4.69, 9.17) is 35.6 Å². The first kappa shape index (κ1) is 45.0. The third kappa shape index (κ3) is 7.02. The molecule has 16 rings (SSSR count). The van der Waals surface area contributed by atoms with Gasteiger partial charge in [0.25, 0.3) is 0 Å². The second-order valence-electron chi connectivity index (χ2n) is 18.7. The summed E-state index contributed by atoms with van der Waals surface area (Å²) >= 11 is 0. The van der Waals surface area contributed by atoms with Gasteiger partial charge in [0, 0.05) is 76.1 Å². The highest BCUT2D eigenvalue weighted by molar-refractivity contribution is 6.15. The number of H-pyrrole nitrogens is 4. The SMILES string of the molecule is CCN.O=c1c2ccccc2c(=O)c2c1ccc1[nH]c3c(ccc4c(=O)c5ccccc5c(=O)c43)[nH]c12.c1ccc2c(c1)-c1nc-2nc2[nH]c(nc3nc(nc4[nH]c(n1)c1ccccc41)-c1ccccc1-3)c1ccccc21. The molecule has 0 radical (unpaired) electrons. The van der Waals surface area contributed by atoms with Gasteiger partial charge in [0.2, 0.25) is 0 Å². The molecule has 0 unspecified atom stereocenters. The molecule has 4 aromatic heterocycles. The van der Waals surface area contributed by atoms with Crippen LogP contribution in [0.15, 0.2) is 189 Å². The van der Waals surface area contributed by atoms with Crippen LogP contribution in [-0.2, 0) is 0 Å². The highest BCUT2D eigenvalue weighted by atomic mass is 16.1. The van der Waals surface area contributed by atoms with Gasteiger partial charge < -0.3 is 25.7 Å². The zero-order valence-electron chi connectivity index (χ0n) is 40.8. The zero-order chi connectivity index (χ0) is 52.1. The minimum Gasteiger partial charge on any atom is -0.351 e. The van der Waals surface area contributed by atoms with Gasteiger partial charge in [0.15, 0.2) is 45.0 Å². The molecular weight excluding hydrogens is 963 g/mol. The number of hydrogen-bond acceptors (Lipinski definition) is 11. The molecule has 15 nitrogen and oxygen atoms in total. The molecule has 77 heavy (non-hydrogen) atoms. The lowest BCUT2D eigenvalue weighted by Crippen LogP contribution is -2.14. The van der Waals surface area contributed by atoms with Crippen molar-refractivity contribution >= 4 is 109 Å². The molecule has 8 bridgehead atoms. The largest absolute Gasteiger partial charge is 0.351 e. The summed E-state index contributed by atoms with van der Waals surface area (Å²) in [6.07, 6.45) is 0. The Kier molecular flexibility index (Phi) is 10.2. The predicted molar refractivity (Wildman–Crippen MR) is 307 cm³/mol. The van der Waals surface area contributed by atoms with E-state index in [0.29, 0.717) is 111 Å². The van der Waals surface area contributed by atoms with E-state index in [1.54, 1.807) is 72.8 Å². The van der Waals surface area contributed by atoms with Gasteiger partial charge in [-0.05, 0) is 30.8 Å². The zero-order valence-corrected chi connectivity index (χ0v) is 40.8. The molecule has 0 atom stereocenters. The maximum absolute atomic E-state index is 13.4. The van der Waals surface area contributed by atoms with E-state index in [1.807, 2.05) is 104 Å².